The Labute approximate surface area is 114 Å². The van der Waals surface area contributed by atoms with E-state index in [4.69, 9.17) is 20.3 Å². The molecule has 5 nitrogen and oxygen atoms in total. The average Bonchev–Trinajstić information content (AvgIpc) is 2.36. The van der Waals surface area contributed by atoms with E-state index in [0.29, 0.717) is 18.9 Å². The van der Waals surface area contributed by atoms with Crippen molar-refractivity contribution in [2.75, 3.05) is 13.2 Å². The highest BCUT2D eigenvalue weighted by Crippen LogP contribution is 2.36. The van der Waals surface area contributed by atoms with Gasteiger partial charge in [0.2, 0.25) is 6.29 Å². The second-order valence-electron chi connectivity index (χ2n) is 5.19. The van der Waals surface area contributed by atoms with E-state index in [-0.39, 0.29) is 24.2 Å². The van der Waals surface area contributed by atoms with Crippen molar-refractivity contribution in [3.63, 3.8) is 0 Å². The summed E-state index contributed by atoms with van der Waals surface area (Å²) in [5, 5.41) is 9.01. The minimum Gasteiger partial charge on any atom is -0.459 e. The number of ether oxygens (including phenoxy) is 2. The number of allylic oxidation sites excluding steroid dienone is 1. The summed E-state index contributed by atoms with van der Waals surface area (Å²) in [4.78, 5) is 11.3. The lowest BCUT2D eigenvalue weighted by atomic mass is 9.78. The Balaban J connectivity index is 2.95. The van der Waals surface area contributed by atoms with Crippen molar-refractivity contribution in [2.45, 2.75) is 39.9 Å². The predicted molar refractivity (Wildman–Crippen MR) is 71.9 cm³/mol. The molecule has 1 heterocycles. The topological polar surface area (TPSA) is 81.8 Å². The number of carbonyl (C=O) groups is 1. The first-order chi connectivity index (χ1) is 9.01. The van der Waals surface area contributed by atoms with Crippen LogP contribution in [0.4, 0.5) is 0 Å². The molecule has 0 aromatic carbocycles. The van der Waals surface area contributed by atoms with Crippen LogP contribution in [0.1, 0.15) is 33.6 Å². The van der Waals surface area contributed by atoms with E-state index in [2.05, 4.69) is 13.8 Å². The Hall–Kier alpha value is -1.07. The van der Waals surface area contributed by atoms with Crippen LogP contribution in [0.15, 0.2) is 11.8 Å². The molecular formula is C14H25NO4. The molecular weight excluding hydrogens is 246 g/mol. The Morgan fingerprint density at radius 2 is 2.26 bits per heavy atom. The molecule has 0 saturated heterocycles. The van der Waals surface area contributed by atoms with Crippen molar-refractivity contribution in [3.05, 3.63) is 11.8 Å². The number of aliphatic hydroxyl groups excluding tert-OH is 1. The second-order valence-corrected chi connectivity index (χ2v) is 5.19. The SMILES string of the molecule is CCOC1OC(C(N)=O)=CC(C(C)C)C1CCCO. The molecule has 3 atom stereocenters. The van der Waals surface area contributed by atoms with Gasteiger partial charge in [0.1, 0.15) is 0 Å². The molecule has 0 fully saturated rings. The van der Waals surface area contributed by atoms with E-state index in [1.165, 1.54) is 0 Å². The Morgan fingerprint density at radius 1 is 1.58 bits per heavy atom. The van der Waals surface area contributed by atoms with Crippen LogP contribution in [0.3, 0.4) is 0 Å². The van der Waals surface area contributed by atoms with Crippen LogP contribution >= 0.6 is 0 Å². The van der Waals surface area contributed by atoms with Crippen molar-refractivity contribution in [1.29, 1.82) is 0 Å². The first-order valence-corrected chi connectivity index (χ1v) is 6.92. The van der Waals surface area contributed by atoms with Crippen LogP contribution in [0.25, 0.3) is 0 Å². The zero-order valence-corrected chi connectivity index (χ0v) is 12.0. The maximum absolute atomic E-state index is 11.3. The van der Waals surface area contributed by atoms with Gasteiger partial charge in [-0.25, -0.2) is 0 Å². The minimum absolute atomic E-state index is 0.134. The van der Waals surface area contributed by atoms with Crippen LogP contribution in [0.2, 0.25) is 0 Å². The van der Waals surface area contributed by atoms with Crippen LogP contribution in [-0.4, -0.2) is 30.5 Å². The molecule has 0 saturated carbocycles. The fourth-order valence-electron chi connectivity index (χ4n) is 2.54. The number of nitrogens with two attached hydrogens (primary N) is 1. The number of hydrogen-bond donors (Lipinski definition) is 2. The highest BCUT2D eigenvalue weighted by Gasteiger charge is 2.37. The maximum atomic E-state index is 11.3. The number of aliphatic hydroxyl groups is 1. The van der Waals surface area contributed by atoms with Crippen molar-refractivity contribution in [2.24, 2.45) is 23.5 Å². The van der Waals surface area contributed by atoms with Gasteiger partial charge in [0.15, 0.2) is 5.76 Å². The molecule has 0 aliphatic carbocycles. The quantitative estimate of drug-likeness (QED) is 0.733. The third-order valence-corrected chi connectivity index (χ3v) is 3.47. The largest absolute Gasteiger partial charge is 0.459 e. The van der Waals surface area contributed by atoms with E-state index in [0.717, 1.165) is 6.42 Å². The zero-order chi connectivity index (χ0) is 14.4. The molecule has 0 bridgehead atoms. The highest BCUT2D eigenvalue weighted by atomic mass is 16.7. The van der Waals surface area contributed by atoms with Gasteiger partial charge in [0.25, 0.3) is 5.91 Å². The first kappa shape index (κ1) is 16.0. The van der Waals surface area contributed by atoms with Gasteiger partial charge < -0.3 is 20.3 Å². The Bertz CT molecular complexity index is 327. The van der Waals surface area contributed by atoms with Gasteiger partial charge in [-0.1, -0.05) is 13.8 Å². The molecule has 1 rings (SSSR count). The van der Waals surface area contributed by atoms with E-state index in [1.807, 2.05) is 13.0 Å². The predicted octanol–water partition coefficient (Wildman–Crippen LogP) is 1.41. The molecule has 3 unspecified atom stereocenters. The summed E-state index contributed by atoms with van der Waals surface area (Å²) >= 11 is 0. The van der Waals surface area contributed by atoms with Gasteiger partial charge in [-0.3, -0.25) is 4.79 Å². The third kappa shape index (κ3) is 4.21. The molecule has 19 heavy (non-hydrogen) atoms. The second kappa shape index (κ2) is 7.50. The summed E-state index contributed by atoms with van der Waals surface area (Å²) in [6.45, 7) is 6.74. The summed E-state index contributed by atoms with van der Waals surface area (Å²) < 4.78 is 11.2. The monoisotopic (exact) mass is 271 g/mol. The molecule has 1 amide bonds. The van der Waals surface area contributed by atoms with Gasteiger partial charge in [0.05, 0.1) is 0 Å². The molecule has 3 N–H and O–H groups in total. The van der Waals surface area contributed by atoms with Gasteiger partial charge in [0, 0.05) is 19.1 Å². The minimum atomic E-state index is -0.559. The summed E-state index contributed by atoms with van der Waals surface area (Å²) in [6, 6.07) is 0. The Morgan fingerprint density at radius 3 is 2.74 bits per heavy atom. The van der Waals surface area contributed by atoms with E-state index >= 15 is 0 Å². The van der Waals surface area contributed by atoms with Gasteiger partial charge in [-0.15, -0.1) is 0 Å². The van der Waals surface area contributed by atoms with E-state index in [9.17, 15) is 4.79 Å². The molecule has 0 aromatic rings. The van der Waals surface area contributed by atoms with Crippen molar-refractivity contribution in [1.82, 2.24) is 0 Å². The summed E-state index contributed by atoms with van der Waals surface area (Å²) in [5.74, 6) is 0.285. The molecule has 1 aliphatic heterocycles. The molecule has 1 aliphatic rings. The maximum Gasteiger partial charge on any atom is 0.283 e. The van der Waals surface area contributed by atoms with Gasteiger partial charge in [-0.2, -0.15) is 0 Å². The van der Waals surface area contributed by atoms with Crippen LogP contribution in [0, 0.1) is 17.8 Å². The average molecular weight is 271 g/mol. The Kier molecular flexibility index (Phi) is 6.31. The van der Waals surface area contributed by atoms with Crippen molar-refractivity contribution in [3.8, 4) is 0 Å². The fraction of sp³-hybridized carbons (Fsp3) is 0.786. The zero-order valence-electron chi connectivity index (χ0n) is 12.0. The van der Waals surface area contributed by atoms with Crippen LogP contribution in [-0.2, 0) is 14.3 Å². The standard InChI is InChI=1S/C14H25NO4/c1-4-18-14-10(6-5-7-16)11(9(2)3)8-12(19-14)13(15)17/h8-11,14,16H,4-7H2,1-3H3,(H2,15,17). The normalized spacial score (nSPS) is 27.0. The lowest BCUT2D eigenvalue weighted by molar-refractivity contribution is -0.174. The first-order valence-electron chi connectivity index (χ1n) is 6.92. The number of carbonyl (C=O) groups excluding carboxylic acids is 1. The van der Waals surface area contributed by atoms with E-state index < -0.39 is 12.2 Å². The fourth-order valence-corrected chi connectivity index (χ4v) is 2.54. The number of amides is 1. The number of hydrogen-bond acceptors (Lipinski definition) is 4. The molecule has 0 aromatic heterocycles. The highest BCUT2D eigenvalue weighted by molar-refractivity contribution is 5.90. The number of primary amides is 1. The number of rotatable bonds is 7. The lowest BCUT2D eigenvalue weighted by Crippen LogP contribution is -2.40. The summed E-state index contributed by atoms with van der Waals surface area (Å²) in [7, 11) is 0. The molecule has 5 heteroatoms. The van der Waals surface area contributed by atoms with E-state index in [1.54, 1.807) is 0 Å². The molecule has 0 radical (unpaired) electrons. The lowest BCUT2D eigenvalue weighted by Gasteiger charge is -2.38. The molecule has 0 spiro atoms. The molecule has 110 valence electrons. The third-order valence-electron chi connectivity index (χ3n) is 3.47. The van der Waals surface area contributed by atoms with Crippen molar-refractivity contribution >= 4 is 5.91 Å². The summed E-state index contributed by atoms with van der Waals surface area (Å²) in [6.07, 6.45) is 2.84. The van der Waals surface area contributed by atoms with Crippen LogP contribution in [0.5, 0.6) is 0 Å². The van der Waals surface area contributed by atoms with Gasteiger partial charge >= 0.3 is 0 Å². The van der Waals surface area contributed by atoms with Gasteiger partial charge in [-0.05, 0) is 37.7 Å². The van der Waals surface area contributed by atoms with Crippen molar-refractivity contribution < 1.29 is 19.4 Å². The van der Waals surface area contributed by atoms with Crippen LogP contribution < -0.4 is 5.73 Å². The summed E-state index contributed by atoms with van der Waals surface area (Å²) in [5.41, 5.74) is 5.31. The smallest absolute Gasteiger partial charge is 0.283 e.